The maximum absolute atomic E-state index is 6.14. The first kappa shape index (κ1) is 18.0. The Morgan fingerprint density at radius 3 is 2.33 bits per heavy atom. The lowest BCUT2D eigenvalue weighted by Crippen LogP contribution is -2.41. The fourth-order valence-electron chi connectivity index (χ4n) is 2.87. The summed E-state index contributed by atoms with van der Waals surface area (Å²) in [6.07, 6.45) is 5.61. The largest absolute Gasteiger partial charge is 0.496 e. The van der Waals surface area contributed by atoms with Gasteiger partial charge in [0.2, 0.25) is 5.88 Å². The van der Waals surface area contributed by atoms with E-state index in [2.05, 4.69) is 43.1 Å². The second-order valence-corrected chi connectivity index (χ2v) is 8.58. The summed E-state index contributed by atoms with van der Waals surface area (Å²) in [6, 6.07) is 2.09. The SMILES string of the molecule is COc1ncc(B2OC(C)(C)C(C)(C)O2)cc1SN1CCCCC1. The molecule has 3 rings (SSSR count). The molecule has 0 spiro atoms. The van der Waals surface area contributed by atoms with Crippen LogP contribution in [-0.2, 0) is 9.31 Å². The smallest absolute Gasteiger partial charge is 0.480 e. The Kier molecular flexibility index (Phi) is 5.16. The van der Waals surface area contributed by atoms with Crippen molar-refractivity contribution in [1.29, 1.82) is 0 Å². The first-order valence-electron chi connectivity index (χ1n) is 8.65. The average Bonchev–Trinajstić information content (AvgIpc) is 2.76. The van der Waals surface area contributed by atoms with Crippen molar-refractivity contribution in [3.05, 3.63) is 12.3 Å². The standard InChI is InChI=1S/C17H27BN2O3S/c1-16(2)17(3,4)23-18(22-16)13-11-14(15(21-5)19-12-13)24-20-9-7-6-8-10-20/h11-12H,6-10H2,1-5H3. The lowest BCUT2D eigenvalue weighted by atomic mass is 9.80. The molecule has 0 aliphatic carbocycles. The van der Waals surface area contributed by atoms with E-state index < -0.39 is 7.12 Å². The summed E-state index contributed by atoms with van der Waals surface area (Å²) in [5.74, 6) is 0.658. The molecule has 1 aromatic heterocycles. The fourth-order valence-corrected chi connectivity index (χ4v) is 3.99. The average molecular weight is 350 g/mol. The number of hydrogen-bond donors (Lipinski definition) is 0. The van der Waals surface area contributed by atoms with Crippen LogP contribution >= 0.6 is 11.9 Å². The molecule has 2 saturated heterocycles. The normalized spacial score (nSPS) is 23.5. The minimum atomic E-state index is -0.394. The number of pyridine rings is 1. The summed E-state index contributed by atoms with van der Waals surface area (Å²) >= 11 is 1.72. The van der Waals surface area contributed by atoms with Crippen molar-refractivity contribution in [2.75, 3.05) is 20.2 Å². The van der Waals surface area contributed by atoms with Crippen LogP contribution in [0.5, 0.6) is 5.88 Å². The number of methoxy groups -OCH3 is 1. The van der Waals surface area contributed by atoms with E-state index in [4.69, 9.17) is 14.0 Å². The van der Waals surface area contributed by atoms with Gasteiger partial charge in [-0.2, -0.15) is 0 Å². The second-order valence-electron chi connectivity index (χ2n) is 7.45. The number of ether oxygens (including phenoxy) is 1. The second kappa shape index (κ2) is 6.86. The lowest BCUT2D eigenvalue weighted by molar-refractivity contribution is 0.00578. The van der Waals surface area contributed by atoms with Gasteiger partial charge in [0.15, 0.2) is 0 Å². The van der Waals surface area contributed by atoms with E-state index in [1.807, 2.05) is 0 Å². The Morgan fingerprint density at radius 2 is 1.75 bits per heavy atom. The van der Waals surface area contributed by atoms with Crippen LogP contribution in [0.4, 0.5) is 0 Å². The molecule has 132 valence electrons. The van der Waals surface area contributed by atoms with E-state index in [1.54, 1.807) is 25.3 Å². The molecule has 0 unspecified atom stereocenters. The molecule has 1 aromatic rings. The van der Waals surface area contributed by atoms with Crippen molar-refractivity contribution in [2.45, 2.75) is 63.1 Å². The highest BCUT2D eigenvalue weighted by Gasteiger charge is 2.52. The van der Waals surface area contributed by atoms with E-state index >= 15 is 0 Å². The predicted octanol–water partition coefficient (Wildman–Crippen LogP) is 2.88. The molecule has 2 aliphatic heterocycles. The molecule has 0 amide bonds. The van der Waals surface area contributed by atoms with Gasteiger partial charge in [0.25, 0.3) is 0 Å². The third-order valence-electron chi connectivity index (χ3n) is 5.10. The van der Waals surface area contributed by atoms with Crippen LogP contribution in [0.2, 0.25) is 0 Å². The Bertz CT molecular complexity index is 575. The fraction of sp³-hybridized carbons (Fsp3) is 0.706. The molecule has 0 bridgehead atoms. The van der Waals surface area contributed by atoms with E-state index in [9.17, 15) is 0 Å². The monoisotopic (exact) mass is 350 g/mol. The third-order valence-corrected chi connectivity index (χ3v) is 6.21. The van der Waals surface area contributed by atoms with Crippen molar-refractivity contribution in [1.82, 2.24) is 9.29 Å². The highest BCUT2D eigenvalue weighted by Crippen LogP contribution is 2.37. The topological polar surface area (TPSA) is 43.8 Å². The van der Waals surface area contributed by atoms with E-state index in [1.165, 1.54) is 19.3 Å². The summed E-state index contributed by atoms with van der Waals surface area (Å²) < 4.78 is 20.1. The maximum Gasteiger partial charge on any atom is 0.496 e. The first-order chi connectivity index (χ1) is 11.3. The number of aromatic nitrogens is 1. The van der Waals surface area contributed by atoms with Crippen LogP contribution in [0.15, 0.2) is 17.2 Å². The molecule has 5 nitrogen and oxygen atoms in total. The number of nitrogens with zero attached hydrogens (tertiary/aromatic N) is 2. The van der Waals surface area contributed by atoms with E-state index in [-0.39, 0.29) is 11.2 Å². The zero-order valence-corrected chi connectivity index (χ0v) is 16.1. The third kappa shape index (κ3) is 3.59. The highest BCUT2D eigenvalue weighted by molar-refractivity contribution is 7.97. The minimum Gasteiger partial charge on any atom is -0.480 e. The van der Waals surface area contributed by atoms with E-state index in [0.29, 0.717) is 5.88 Å². The van der Waals surface area contributed by atoms with Gasteiger partial charge in [-0.05, 0) is 58.6 Å². The Hall–Kier alpha value is -0.755. The van der Waals surface area contributed by atoms with Gasteiger partial charge >= 0.3 is 7.12 Å². The molecule has 0 aromatic carbocycles. The van der Waals surface area contributed by atoms with Gasteiger partial charge in [-0.15, -0.1) is 0 Å². The zero-order chi connectivity index (χ0) is 17.4. The molecule has 2 fully saturated rings. The Labute approximate surface area is 149 Å². The number of rotatable bonds is 4. The van der Waals surface area contributed by atoms with Gasteiger partial charge in [-0.3, -0.25) is 0 Å². The first-order valence-corrected chi connectivity index (χ1v) is 9.42. The van der Waals surface area contributed by atoms with Gasteiger partial charge in [0.1, 0.15) is 0 Å². The van der Waals surface area contributed by atoms with Crippen molar-refractivity contribution in [3.8, 4) is 5.88 Å². The van der Waals surface area contributed by atoms with Crippen LogP contribution in [0, 0.1) is 0 Å². The van der Waals surface area contributed by atoms with Crippen molar-refractivity contribution in [3.63, 3.8) is 0 Å². The van der Waals surface area contributed by atoms with Crippen LogP contribution in [0.1, 0.15) is 47.0 Å². The molecule has 0 atom stereocenters. The van der Waals surface area contributed by atoms with Crippen LogP contribution in [0.3, 0.4) is 0 Å². The molecular formula is C17H27BN2O3S. The molecule has 0 radical (unpaired) electrons. The van der Waals surface area contributed by atoms with Gasteiger partial charge in [0.05, 0.1) is 23.2 Å². The lowest BCUT2D eigenvalue weighted by Gasteiger charge is -2.32. The summed E-state index contributed by atoms with van der Waals surface area (Å²) in [6.45, 7) is 10.5. The zero-order valence-electron chi connectivity index (χ0n) is 15.3. The molecule has 7 heteroatoms. The molecule has 0 saturated carbocycles. The van der Waals surface area contributed by atoms with Gasteiger partial charge in [0, 0.05) is 24.7 Å². The minimum absolute atomic E-state index is 0.349. The van der Waals surface area contributed by atoms with Gasteiger partial charge in [-0.25, -0.2) is 9.29 Å². The highest BCUT2D eigenvalue weighted by atomic mass is 32.2. The summed E-state index contributed by atoms with van der Waals surface area (Å²) in [4.78, 5) is 5.49. The van der Waals surface area contributed by atoms with Crippen LogP contribution in [0.25, 0.3) is 0 Å². The molecule has 2 aliphatic rings. The number of hydrogen-bond acceptors (Lipinski definition) is 6. The maximum atomic E-state index is 6.14. The molecular weight excluding hydrogens is 323 g/mol. The van der Waals surface area contributed by atoms with E-state index in [0.717, 1.165) is 23.4 Å². The Balaban J connectivity index is 1.81. The van der Waals surface area contributed by atoms with Gasteiger partial charge in [-0.1, -0.05) is 6.42 Å². The van der Waals surface area contributed by atoms with Crippen LogP contribution in [-0.4, -0.2) is 47.8 Å². The number of piperidine rings is 1. The van der Waals surface area contributed by atoms with Crippen molar-refractivity contribution in [2.24, 2.45) is 0 Å². The van der Waals surface area contributed by atoms with Crippen molar-refractivity contribution < 1.29 is 14.0 Å². The molecule has 3 heterocycles. The van der Waals surface area contributed by atoms with Crippen molar-refractivity contribution >= 4 is 24.5 Å². The summed E-state index contributed by atoms with van der Waals surface area (Å²) in [5, 5.41) is 0. The quantitative estimate of drug-likeness (QED) is 0.615. The summed E-state index contributed by atoms with van der Waals surface area (Å²) in [7, 11) is 1.27. The molecule has 0 N–H and O–H groups in total. The predicted molar refractivity (Wildman–Crippen MR) is 97.8 cm³/mol. The van der Waals surface area contributed by atoms with Crippen LogP contribution < -0.4 is 10.2 Å². The molecule has 24 heavy (non-hydrogen) atoms. The Morgan fingerprint density at radius 1 is 1.12 bits per heavy atom. The van der Waals surface area contributed by atoms with Gasteiger partial charge < -0.3 is 14.0 Å². The summed E-state index contributed by atoms with van der Waals surface area (Å²) in [5.41, 5.74) is 0.240.